The number of benzene rings is 1. The molecule has 0 radical (unpaired) electrons. The number of nitro groups is 1. The standard InChI is InChI=1S/C17H18N6O2/c1-12-16(10-20-17-18-8-15(9-19-17)23(24)25)13(2)22(21-12)11-14-6-4-3-5-7-14/h3-9H,10-11H2,1-2H3,(H,18,19,20). The zero-order valence-electron chi connectivity index (χ0n) is 14.0. The summed E-state index contributed by atoms with van der Waals surface area (Å²) in [7, 11) is 0. The van der Waals surface area contributed by atoms with Gasteiger partial charge in [-0.25, -0.2) is 9.97 Å². The number of nitrogens with zero attached hydrogens (tertiary/aromatic N) is 5. The first-order chi connectivity index (χ1) is 12.0. The van der Waals surface area contributed by atoms with Crippen molar-refractivity contribution in [2.75, 3.05) is 5.32 Å². The van der Waals surface area contributed by atoms with E-state index in [2.05, 4.69) is 32.5 Å². The van der Waals surface area contributed by atoms with Crippen molar-refractivity contribution in [2.24, 2.45) is 0 Å². The molecule has 0 saturated carbocycles. The van der Waals surface area contributed by atoms with E-state index in [4.69, 9.17) is 0 Å². The number of rotatable bonds is 6. The minimum absolute atomic E-state index is 0.131. The molecule has 2 aromatic heterocycles. The summed E-state index contributed by atoms with van der Waals surface area (Å²) in [6, 6.07) is 10.1. The Morgan fingerprint density at radius 2 is 1.84 bits per heavy atom. The van der Waals surface area contributed by atoms with Crippen LogP contribution in [0.2, 0.25) is 0 Å². The van der Waals surface area contributed by atoms with Crippen LogP contribution >= 0.6 is 0 Å². The highest BCUT2D eigenvalue weighted by Gasteiger charge is 2.13. The molecule has 0 aliphatic carbocycles. The highest BCUT2D eigenvalue weighted by Crippen LogP contribution is 2.16. The van der Waals surface area contributed by atoms with Crippen LogP contribution in [-0.4, -0.2) is 24.7 Å². The zero-order chi connectivity index (χ0) is 17.8. The van der Waals surface area contributed by atoms with Crippen LogP contribution < -0.4 is 5.32 Å². The molecule has 0 atom stereocenters. The van der Waals surface area contributed by atoms with Crippen molar-refractivity contribution >= 4 is 11.6 Å². The molecule has 0 fully saturated rings. The van der Waals surface area contributed by atoms with Crippen LogP contribution in [0.15, 0.2) is 42.7 Å². The molecular weight excluding hydrogens is 320 g/mol. The Balaban J connectivity index is 1.71. The average Bonchev–Trinajstić information content (AvgIpc) is 2.88. The lowest BCUT2D eigenvalue weighted by molar-refractivity contribution is -0.385. The smallest absolute Gasteiger partial charge is 0.305 e. The molecule has 0 spiro atoms. The monoisotopic (exact) mass is 338 g/mol. The van der Waals surface area contributed by atoms with E-state index in [1.807, 2.05) is 36.7 Å². The summed E-state index contributed by atoms with van der Waals surface area (Å²) in [6.07, 6.45) is 2.38. The molecule has 2 heterocycles. The fourth-order valence-corrected chi connectivity index (χ4v) is 2.57. The molecule has 3 rings (SSSR count). The highest BCUT2D eigenvalue weighted by atomic mass is 16.6. The van der Waals surface area contributed by atoms with Crippen LogP contribution in [0.25, 0.3) is 0 Å². The van der Waals surface area contributed by atoms with Gasteiger partial charge in [0.25, 0.3) is 0 Å². The van der Waals surface area contributed by atoms with E-state index in [-0.39, 0.29) is 5.69 Å². The van der Waals surface area contributed by atoms with E-state index in [1.165, 1.54) is 18.0 Å². The van der Waals surface area contributed by atoms with Gasteiger partial charge >= 0.3 is 5.69 Å². The van der Waals surface area contributed by atoms with Gasteiger partial charge in [0.15, 0.2) is 0 Å². The molecule has 0 aliphatic rings. The van der Waals surface area contributed by atoms with Crippen LogP contribution in [0.5, 0.6) is 0 Å². The summed E-state index contributed by atoms with van der Waals surface area (Å²) < 4.78 is 1.97. The third-order valence-corrected chi connectivity index (χ3v) is 3.98. The molecular formula is C17H18N6O2. The minimum Gasteiger partial charge on any atom is -0.350 e. The Morgan fingerprint density at radius 1 is 1.16 bits per heavy atom. The van der Waals surface area contributed by atoms with Crippen LogP contribution in [0.4, 0.5) is 11.6 Å². The Morgan fingerprint density at radius 3 is 2.48 bits per heavy atom. The van der Waals surface area contributed by atoms with Crippen molar-refractivity contribution in [1.29, 1.82) is 0 Å². The molecule has 1 N–H and O–H groups in total. The van der Waals surface area contributed by atoms with E-state index in [0.29, 0.717) is 19.0 Å². The summed E-state index contributed by atoms with van der Waals surface area (Å²) in [5, 5.41) is 18.3. The van der Waals surface area contributed by atoms with Crippen LogP contribution in [0, 0.1) is 24.0 Å². The topological polar surface area (TPSA) is 98.8 Å². The number of anilines is 1. The second-order valence-electron chi connectivity index (χ2n) is 5.67. The summed E-state index contributed by atoms with van der Waals surface area (Å²) >= 11 is 0. The van der Waals surface area contributed by atoms with Gasteiger partial charge in [0, 0.05) is 17.8 Å². The van der Waals surface area contributed by atoms with Gasteiger partial charge in [0.05, 0.1) is 17.2 Å². The number of aromatic nitrogens is 4. The molecule has 0 amide bonds. The quantitative estimate of drug-likeness (QED) is 0.548. The van der Waals surface area contributed by atoms with Gasteiger partial charge in [0.2, 0.25) is 5.95 Å². The molecule has 8 nitrogen and oxygen atoms in total. The second kappa shape index (κ2) is 7.08. The lowest BCUT2D eigenvalue weighted by Crippen LogP contribution is -2.07. The van der Waals surface area contributed by atoms with Gasteiger partial charge in [-0.15, -0.1) is 0 Å². The normalized spacial score (nSPS) is 10.6. The van der Waals surface area contributed by atoms with Gasteiger partial charge in [-0.3, -0.25) is 14.8 Å². The van der Waals surface area contributed by atoms with E-state index in [1.54, 1.807) is 0 Å². The fourth-order valence-electron chi connectivity index (χ4n) is 2.57. The lowest BCUT2D eigenvalue weighted by atomic mass is 10.2. The Hall–Kier alpha value is -3.29. The summed E-state index contributed by atoms with van der Waals surface area (Å²) in [4.78, 5) is 18.0. The first-order valence-corrected chi connectivity index (χ1v) is 7.81. The molecule has 0 bridgehead atoms. The largest absolute Gasteiger partial charge is 0.350 e. The van der Waals surface area contributed by atoms with E-state index in [0.717, 1.165) is 17.0 Å². The maximum absolute atomic E-state index is 10.6. The van der Waals surface area contributed by atoms with Crippen LogP contribution in [0.3, 0.4) is 0 Å². The molecule has 8 heteroatoms. The minimum atomic E-state index is -0.522. The molecule has 25 heavy (non-hydrogen) atoms. The predicted molar refractivity (Wildman–Crippen MR) is 93.3 cm³/mol. The molecule has 0 aliphatic heterocycles. The molecule has 0 saturated heterocycles. The molecule has 3 aromatic rings. The molecule has 1 aromatic carbocycles. The Kier molecular flexibility index (Phi) is 4.69. The number of hydrogen-bond acceptors (Lipinski definition) is 6. The number of hydrogen-bond donors (Lipinski definition) is 1. The average molecular weight is 338 g/mol. The third kappa shape index (κ3) is 3.79. The van der Waals surface area contributed by atoms with Gasteiger partial charge < -0.3 is 5.32 Å². The summed E-state index contributed by atoms with van der Waals surface area (Å²) in [5.74, 6) is 0.347. The third-order valence-electron chi connectivity index (χ3n) is 3.98. The summed E-state index contributed by atoms with van der Waals surface area (Å²) in [6.45, 7) is 5.20. The van der Waals surface area contributed by atoms with E-state index >= 15 is 0 Å². The van der Waals surface area contributed by atoms with Crippen molar-refractivity contribution in [3.63, 3.8) is 0 Å². The number of nitrogens with one attached hydrogen (secondary N) is 1. The fraction of sp³-hybridized carbons (Fsp3) is 0.235. The van der Waals surface area contributed by atoms with E-state index in [9.17, 15) is 10.1 Å². The first-order valence-electron chi connectivity index (χ1n) is 7.81. The van der Waals surface area contributed by atoms with Gasteiger partial charge in [-0.05, 0) is 19.4 Å². The van der Waals surface area contributed by atoms with Crippen molar-refractivity contribution in [2.45, 2.75) is 26.9 Å². The second-order valence-corrected chi connectivity index (χ2v) is 5.67. The van der Waals surface area contributed by atoms with Gasteiger partial charge in [0.1, 0.15) is 12.4 Å². The maximum atomic E-state index is 10.6. The predicted octanol–water partition coefficient (Wildman–Crippen LogP) is 2.86. The Bertz CT molecular complexity index is 874. The van der Waals surface area contributed by atoms with Crippen LogP contribution in [0.1, 0.15) is 22.5 Å². The zero-order valence-corrected chi connectivity index (χ0v) is 14.0. The van der Waals surface area contributed by atoms with Gasteiger partial charge in [-0.1, -0.05) is 30.3 Å². The highest BCUT2D eigenvalue weighted by molar-refractivity contribution is 5.34. The maximum Gasteiger partial charge on any atom is 0.305 e. The SMILES string of the molecule is Cc1nn(Cc2ccccc2)c(C)c1CNc1ncc([N+](=O)[O-])cn1. The first kappa shape index (κ1) is 16.6. The van der Waals surface area contributed by atoms with Crippen LogP contribution in [-0.2, 0) is 13.1 Å². The van der Waals surface area contributed by atoms with Crippen molar-refractivity contribution < 1.29 is 4.92 Å². The Labute approximate surface area is 144 Å². The molecule has 0 unspecified atom stereocenters. The van der Waals surface area contributed by atoms with Crippen molar-refractivity contribution in [1.82, 2.24) is 19.7 Å². The van der Waals surface area contributed by atoms with Crippen molar-refractivity contribution in [3.05, 3.63) is 75.4 Å². The lowest BCUT2D eigenvalue weighted by Gasteiger charge is -2.07. The molecule has 128 valence electrons. The van der Waals surface area contributed by atoms with Gasteiger partial charge in [-0.2, -0.15) is 5.10 Å². The summed E-state index contributed by atoms with van der Waals surface area (Å²) in [5.41, 5.74) is 4.12. The van der Waals surface area contributed by atoms with E-state index < -0.39 is 4.92 Å². The van der Waals surface area contributed by atoms with Crippen molar-refractivity contribution in [3.8, 4) is 0 Å². The number of aryl methyl sites for hydroxylation is 1.